The number of thiazole rings is 1. The fourth-order valence-corrected chi connectivity index (χ4v) is 4.54. The van der Waals surface area contributed by atoms with Crippen LogP contribution in [-0.4, -0.2) is 60.1 Å². The number of fused-ring (bicyclic) bond motifs is 1. The normalized spacial score (nSPS) is 24.3. The molecule has 1 atom stereocenters. The molecular formula is C16H21FN4S. The van der Waals surface area contributed by atoms with E-state index in [1.807, 2.05) is 0 Å². The summed E-state index contributed by atoms with van der Waals surface area (Å²) in [5, 5.41) is 4.51. The summed E-state index contributed by atoms with van der Waals surface area (Å²) in [4.78, 5) is 9.74. The molecular weight excluding hydrogens is 299 g/mol. The van der Waals surface area contributed by atoms with Crippen molar-refractivity contribution in [3.05, 3.63) is 29.0 Å². The Hall–Kier alpha value is -1.08. The van der Waals surface area contributed by atoms with Crippen LogP contribution in [0.1, 0.15) is 11.4 Å². The zero-order valence-electron chi connectivity index (χ0n) is 12.6. The Morgan fingerprint density at radius 2 is 2.14 bits per heavy atom. The standard InChI is InChI=1S/C16H21FN4S/c17-12-1-2-14-15(9-12)22-16(19-14)11-20-6-3-13(10-20)21-7-4-18-5-8-21/h1-2,9,13,18H,3-8,10-11H2. The van der Waals surface area contributed by atoms with Gasteiger partial charge in [0.2, 0.25) is 0 Å². The molecule has 0 spiro atoms. The molecule has 2 aromatic rings. The van der Waals surface area contributed by atoms with E-state index < -0.39 is 0 Å². The van der Waals surface area contributed by atoms with Crippen LogP contribution in [0.4, 0.5) is 4.39 Å². The van der Waals surface area contributed by atoms with Gasteiger partial charge in [0.25, 0.3) is 0 Å². The van der Waals surface area contributed by atoms with Gasteiger partial charge < -0.3 is 5.32 Å². The van der Waals surface area contributed by atoms with Crippen molar-refractivity contribution in [2.24, 2.45) is 0 Å². The summed E-state index contributed by atoms with van der Waals surface area (Å²) in [5.74, 6) is -0.178. The SMILES string of the molecule is Fc1ccc2nc(CN3CCC(N4CCNCC4)C3)sc2c1. The second-order valence-electron chi connectivity index (χ2n) is 6.18. The van der Waals surface area contributed by atoms with Crippen molar-refractivity contribution in [2.75, 3.05) is 39.3 Å². The summed E-state index contributed by atoms with van der Waals surface area (Å²) < 4.78 is 14.2. The monoisotopic (exact) mass is 320 g/mol. The maximum atomic E-state index is 13.3. The van der Waals surface area contributed by atoms with Crippen LogP contribution in [0.3, 0.4) is 0 Å². The fourth-order valence-electron chi connectivity index (χ4n) is 3.51. The number of benzene rings is 1. The molecule has 1 aromatic carbocycles. The predicted molar refractivity (Wildman–Crippen MR) is 87.7 cm³/mol. The van der Waals surface area contributed by atoms with Gasteiger partial charge in [0.1, 0.15) is 10.8 Å². The summed E-state index contributed by atoms with van der Waals surface area (Å²) in [5.41, 5.74) is 0.916. The molecule has 2 aliphatic heterocycles. The van der Waals surface area contributed by atoms with E-state index in [4.69, 9.17) is 0 Å². The molecule has 2 aliphatic rings. The Balaban J connectivity index is 1.40. The highest BCUT2D eigenvalue weighted by Crippen LogP contribution is 2.25. The predicted octanol–water partition coefficient (Wildman–Crippen LogP) is 1.91. The third-order valence-corrected chi connectivity index (χ3v) is 5.67. The van der Waals surface area contributed by atoms with Crippen molar-refractivity contribution >= 4 is 21.6 Å². The molecule has 1 aromatic heterocycles. The number of rotatable bonds is 3. The molecule has 0 aliphatic carbocycles. The smallest absolute Gasteiger partial charge is 0.124 e. The summed E-state index contributed by atoms with van der Waals surface area (Å²) >= 11 is 1.62. The largest absolute Gasteiger partial charge is 0.314 e. The first-order valence-corrected chi connectivity index (χ1v) is 8.82. The Bertz CT molecular complexity index is 653. The second-order valence-corrected chi connectivity index (χ2v) is 7.30. The zero-order valence-corrected chi connectivity index (χ0v) is 13.4. The Kier molecular flexibility index (Phi) is 4.09. The minimum atomic E-state index is -0.178. The number of nitrogens with zero attached hydrogens (tertiary/aromatic N) is 3. The number of aromatic nitrogens is 1. The van der Waals surface area contributed by atoms with Gasteiger partial charge in [0.15, 0.2) is 0 Å². The van der Waals surface area contributed by atoms with Gasteiger partial charge in [0, 0.05) is 45.3 Å². The number of halogens is 1. The van der Waals surface area contributed by atoms with Gasteiger partial charge in [-0.1, -0.05) is 0 Å². The molecule has 1 N–H and O–H groups in total. The van der Waals surface area contributed by atoms with E-state index in [9.17, 15) is 4.39 Å². The van der Waals surface area contributed by atoms with Crippen LogP contribution in [0.5, 0.6) is 0 Å². The van der Waals surface area contributed by atoms with Crippen LogP contribution in [0.15, 0.2) is 18.2 Å². The van der Waals surface area contributed by atoms with Crippen LogP contribution in [-0.2, 0) is 6.54 Å². The van der Waals surface area contributed by atoms with E-state index in [0.29, 0.717) is 6.04 Å². The second kappa shape index (κ2) is 6.20. The summed E-state index contributed by atoms with van der Waals surface area (Å²) in [6.07, 6.45) is 1.25. The van der Waals surface area contributed by atoms with Crippen molar-refractivity contribution in [1.82, 2.24) is 20.1 Å². The molecule has 4 rings (SSSR count). The first-order chi connectivity index (χ1) is 10.8. The van der Waals surface area contributed by atoms with E-state index in [-0.39, 0.29) is 5.82 Å². The first-order valence-electron chi connectivity index (χ1n) is 8.00. The lowest BCUT2D eigenvalue weighted by Gasteiger charge is -2.32. The van der Waals surface area contributed by atoms with E-state index in [1.165, 1.54) is 25.6 Å². The van der Waals surface area contributed by atoms with Crippen molar-refractivity contribution < 1.29 is 4.39 Å². The summed E-state index contributed by atoms with van der Waals surface area (Å²) in [6, 6.07) is 5.54. The number of hydrogen-bond donors (Lipinski definition) is 1. The van der Waals surface area contributed by atoms with Crippen molar-refractivity contribution in [1.29, 1.82) is 0 Å². The number of piperazine rings is 1. The molecule has 0 bridgehead atoms. The molecule has 4 nitrogen and oxygen atoms in total. The highest BCUT2D eigenvalue weighted by atomic mass is 32.1. The molecule has 22 heavy (non-hydrogen) atoms. The van der Waals surface area contributed by atoms with Gasteiger partial charge in [-0.3, -0.25) is 9.80 Å². The molecule has 2 fully saturated rings. The zero-order chi connectivity index (χ0) is 14.9. The van der Waals surface area contributed by atoms with Crippen LogP contribution < -0.4 is 5.32 Å². The number of nitrogens with one attached hydrogen (secondary N) is 1. The van der Waals surface area contributed by atoms with Crippen molar-refractivity contribution in [2.45, 2.75) is 19.0 Å². The Labute approximate surface area is 133 Å². The van der Waals surface area contributed by atoms with Crippen LogP contribution in [0, 0.1) is 5.82 Å². The lowest BCUT2D eigenvalue weighted by molar-refractivity contribution is 0.170. The van der Waals surface area contributed by atoms with Gasteiger partial charge in [-0.05, 0) is 24.6 Å². The third kappa shape index (κ3) is 3.01. The minimum Gasteiger partial charge on any atom is -0.314 e. The molecule has 1 unspecified atom stereocenters. The molecule has 3 heterocycles. The van der Waals surface area contributed by atoms with Gasteiger partial charge in [-0.2, -0.15) is 0 Å². The van der Waals surface area contributed by atoms with Crippen LogP contribution in [0.2, 0.25) is 0 Å². The molecule has 0 amide bonds. The first kappa shape index (κ1) is 14.5. The number of likely N-dealkylation sites (tertiary alicyclic amines) is 1. The molecule has 2 saturated heterocycles. The maximum Gasteiger partial charge on any atom is 0.124 e. The average molecular weight is 320 g/mol. The molecule has 6 heteroatoms. The van der Waals surface area contributed by atoms with Gasteiger partial charge in [-0.15, -0.1) is 11.3 Å². The van der Waals surface area contributed by atoms with Crippen molar-refractivity contribution in [3.8, 4) is 0 Å². The fraction of sp³-hybridized carbons (Fsp3) is 0.562. The average Bonchev–Trinajstić information content (AvgIpc) is 3.14. The van der Waals surface area contributed by atoms with E-state index in [1.54, 1.807) is 23.5 Å². The van der Waals surface area contributed by atoms with E-state index in [0.717, 1.165) is 47.9 Å². The van der Waals surface area contributed by atoms with Crippen molar-refractivity contribution in [3.63, 3.8) is 0 Å². The maximum absolute atomic E-state index is 13.3. The quantitative estimate of drug-likeness (QED) is 0.936. The number of hydrogen-bond acceptors (Lipinski definition) is 5. The lowest BCUT2D eigenvalue weighted by atomic mass is 10.2. The highest BCUT2D eigenvalue weighted by Gasteiger charge is 2.28. The Morgan fingerprint density at radius 3 is 3.00 bits per heavy atom. The summed E-state index contributed by atoms with van der Waals surface area (Å²) in [7, 11) is 0. The topological polar surface area (TPSA) is 31.4 Å². The van der Waals surface area contributed by atoms with Gasteiger partial charge in [0.05, 0.1) is 16.8 Å². The minimum absolute atomic E-state index is 0.178. The van der Waals surface area contributed by atoms with Gasteiger partial charge in [-0.25, -0.2) is 9.37 Å². The highest BCUT2D eigenvalue weighted by molar-refractivity contribution is 7.18. The third-order valence-electron chi connectivity index (χ3n) is 4.67. The molecule has 0 saturated carbocycles. The van der Waals surface area contributed by atoms with Crippen LogP contribution in [0.25, 0.3) is 10.2 Å². The van der Waals surface area contributed by atoms with Gasteiger partial charge >= 0.3 is 0 Å². The Morgan fingerprint density at radius 1 is 1.27 bits per heavy atom. The summed E-state index contributed by atoms with van der Waals surface area (Å²) in [6.45, 7) is 7.71. The van der Waals surface area contributed by atoms with Crippen LogP contribution >= 0.6 is 11.3 Å². The lowest BCUT2D eigenvalue weighted by Crippen LogP contribution is -2.49. The van der Waals surface area contributed by atoms with E-state index in [2.05, 4.69) is 20.1 Å². The van der Waals surface area contributed by atoms with E-state index >= 15 is 0 Å². The molecule has 0 radical (unpaired) electrons. The molecule has 118 valence electrons.